The van der Waals surface area contributed by atoms with E-state index in [1.165, 1.54) is 6.07 Å². The zero-order valence-electron chi connectivity index (χ0n) is 11.6. The molecule has 3 rings (SSSR count). The van der Waals surface area contributed by atoms with Crippen molar-refractivity contribution in [1.29, 1.82) is 0 Å². The SMILES string of the molecule is NCC(c1cccc(F)c1)N1CCCC2(C1)OCCO2. The summed E-state index contributed by atoms with van der Waals surface area (Å²) in [5, 5.41) is 0. The minimum absolute atomic E-state index is 0.00988. The second-order valence-electron chi connectivity index (χ2n) is 5.49. The number of halogens is 1. The highest BCUT2D eigenvalue weighted by molar-refractivity contribution is 5.21. The minimum atomic E-state index is -0.473. The molecule has 5 heteroatoms. The van der Waals surface area contributed by atoms with E-state index in [4.69, 9.17) is 15.2 Å². The summed E-state index contributed by atoms with van der Waals surface area (Å²) in [6, 6.07) is 6.69. The van der Waals surface area contributed by atoms with Crippen molar-refractivity contribution in [2.75, 3.05) is 32.8 Å². The number of hydrogen-bond acceptors (Lipinski definition) is 4. The van der Waals surface area contributed by atoms with Gasteiger partial charge in [0.1, 0.15) is 5.82 Å². The van der Waals surface area contributed by atoms with Crippen LogP contribution in [0.5, 0.6) is 0 Å². The number of nitrogens with zero attached hydrogens (tertiary/aromatic N) is 1. The molecule has 4 nitrogen and oxygen atoms in total. The summed E-state index contributed by atoms with van der Waals surface area (Å²) in [6.45, 7) is 3.40. The average molecular weight is 280 g/mol. The molecule has 2 saturated heterocycles. The van der Waals surface area contributed by atoms with Gasteiger partial charge >= 0.3 is 0 Å². The van der Waals surface area contributed by atoms with E-state index >= 15 is 0 Å². The molecule has 20 heavy (non-hydrogen) atoms. The molecule has 0 aromatic heterocycles. The highest BCUT2D eigenvalue weighted by atomic mass is 19.1. The van der Waals surface area contributed by atoms with Crippen molar-refractivity contribution in [3.8, 4) is 0 Å². The first-order chi connectivity index (χ1) is 9.72. The Kier molecular flexibility index (Phi) is 4.03. The highest BCUT2D eigenvalue weighted by Crippen LogP contribution is 2.34. The van der Waals surface area contributed by atoms with Gasteiger partial charge in [0.25, 0.3) is 0 Å². The zero-order chi connectivity index (χ0) is 14.0. The summed E-state index contributed by atoms with van der Waals surface area (Å²) in [5.41, 5.74) is 6.85. The number of ether oxygens (including phenoxy) is 2. The Hall–Kier alpha value is -1.01. The van der Waals surface area contributed by atoms with E-state index in [9.17, 15) is 4.39 Å². The van der Waals surface area contributed by atoms with Gasteiger partial charge in [-0.3, -0.25) is 4.90 Å². The van der Waals surface area contributed by atoms with Crippen molar-refractivity contribution in [1.82, 2.24) is 4.90 Å². The fourth-order valence-electron chi connectivity index (χ4n) is 3.23. The van der Waals surface area contributed by atoms with E-state index in [0.717, 1.165) is 24.9 Å². The smallest absolute Gasteiger partial charge is 0.181 e. The molecule has 1 spiro atoms. The average Bonchev–Trinajstić information content (AvgIpc) is 2.88. The van der Waals surface area contributed by atoms with E-state index < -0.39 is 5.79 Å². The Balaban J connectivity index is 1.78. The number of hydrogen-bond donors (Lipinski definition) is 1. The van der Waals surface area contributed by atoms with Gasteiger partial charge in [0, 0.05) is 19.0 Å². The standard InChI is InChI=1S/C15H21FN2O2/c16-13-4-1-3-12(9-13)14(10-17)18-6-2-5-15(11-18)19-7-8-20-15/h1,3-4,9,14H,2,5-8,10-11,17H2. The fraction of sp³-hybridized carbons (Fsp3) is 0.600. The van der Waals surface area contributed by atoms with E-state index in [-0.39, 0.29) is 11.9 Å². The number of piperidine rings is 1. The van der Waals surface area contributed by atoms with Crippen LogP contribution >= 0.6 is 0 Å². The molecule has 0 aliphatic carbocycles. The molecule has 0 saturated carbocycles. The van der Waals surface area contributed by atoms with Crippen LogP contribution in [-0.4, -0.2) is 43.5 Å². The molecule has 2 fully saturated rings. The van der Waals surface area contributed by atoms with E-state index in [1.807, 2.05) is 6.07 Å². The van der Waals surface area contributed by atoms with Gasteiger partial charge in [-0.05, 0) is 30.7 Å². The summed E-state index contributed by atoms with van der Waals surface area (Å²) in [4.78, 5) is 2.25. The van der Waals surface area contributed by atoms with Crippen LogP contribution in [-0.2, 0) is 9.47 Å². The Labute approximate surface area is 118 Å². The predicted molar refractivity (Wildman–Crippen MR) is 73.6 cm³/mol. The molecule has 1 atom stereocenters. The van der Waals surface area contributed by atoms with E-state index in [2.05, 4.69) is 4.90 Å². The summed E-state index contributed by atoms with van der Waals surface area (Å²) < 4.78 is 25.0. The van der Waals surface area contributed by atoms with Crippen LogP contribution in [0.1, 0.15) is 24.4 Å². The Morgan fingerprint density at radius 2 is 2.15 bits per heavy atom. The number of likely N-dealkylation sites (tertiary alicyclic amines) is 1. The fourth-order valence-corrected chi connectivity index (χ4v) is 3.23. The van der Waals surface area contributed by atoms with Crippen molar-refractivity contribution < 1.29 is 13.9 Å². The van der Waals surface area contributed by atoms with Gasteiger partial charge in [-0.2, -0.15) is 0 Å². The van der Waals surface area contributed by atoms with E-state index in [1.54, 1.807) is 12.1 Å². The maximum atomic E-state index is 13.4. The summed E-state index contributed by atoms with van der Waals surface area (Å²) in [6.07, 6.45) is 1.93. The lowest BCUT2D eigenvalue weighted by molar-refractivity contribution is -0.193. The molecule has 2 aliphatic rings. The van der Waals surface area contributed by atoms with E-state index in [0.29, 0.717) is 26.3 Å². The van der Waals surface area contributed by atoms with Crippen LogP contribution in [0.3, 0.4) is 0 Å². The summed E-state index contributed by atoms with van der Waals surface area (Å²) in [5.74, 6) is -0.694. The van der Waals surface area contributed by atoms with Crippen molar-refractivity contribution in [2.24, 2.45) is 5.73 Å². The second kappa shape index (κ2) is 5.77. The van der Waals surface area contributed by atoms with Crippen molar-refractivity contribution >= 4 is 0 Å². The molecule has 2 N–H and O–H groups in total. The minimum Gasteiger partial charge on any atom is -0.346 e. The molecule has 110 valence electrons. The van der Waals surface area contributed by atoms with Crippen LogP contribution in [0.15, 0.2) is 24.3 Å². The number of rotatable bonds is 3. The third kappa shape index (κ3) is 2.72. The van der Waals surface area contributed by atoms with Crippen molar-refractivity contribution in [3.63, 3.8) is 0 Å². The molecule has 1 unspecified atom stereocenters. The molecule has 2 aliphatic heterocycles. The maximum absolute atomic E-state index is 13.4. The number of nitrogens with two attached hydrogens (primary N) is 1. The third-order valence-corrected chi connectivity index (χ3v) is 4.16. The van der Waals surface area contributed by atoms with Crippen molar-refractivity contribution in [2.45, 2.75) is 24.7 Å². The molecule has 0 bridgehead atoms. The normalized spacial score (nSPS) is 24.1. The lowest BCUT2D eigenvalue weighted by atomic mass is 9.98. The second-order valence-corrected chi connectivity index (χ2v) is 5.49. The lowest BCUT2D eigenvalue weighted by Gasteiger charge is -2.42. The molecule has 0 radical (unpaired) electrons. The van der Waals surface area contributed by atoms with Gasteiger partial charge in [0.15, 0.2) is 5.79 Å². The predicted octanol–water partition coefficient (Wildman–Crippen LogP) is 1.66. The van der Waals surface area contributed by atoms with Gasteiger partial charge < -0.3 is 15.2 Å². The van der Waals surface area contributed by atoms with Gasteiger partial charge in [-0.25, -0.2) is 4.39 Å². The van der Waals surface area contributed by atoms with Crippen LogP contribution in [0.25, 0.3) is 0 Å². The monoisotopic (exact) mass is 280 g/mol. The van der Waals surface area contributed by atoms with Gasteiger partial charge in [-0.1, -0.05) is 12.1 Å². The molecule has 1 aromatic carbocycles. The quantitative estimate of drug-likeness (QED) is 0.915. The number of benzene rings is 1. The highest BCUT2D eigenvalue weighted by Gasteiger charge is 2.42. The third-order valence-electron chi connectivity index (χ3n) is 4.16. The van der Waals surface area contributed by atoms with Gasteiger partial charge in [-0.15, -0.1) is 0 Å². The Morgan fingerprint density at radius 3 is 2.85 bits per heavy atom. The van der Waals surface area contributed by atoms with Crippen LogP contribution in [0.4, 0.5) is 4.39 Å². The molecule has 2 heterocycles. The molecular formula is C15H21FN2O2. The van der Waals surface area contributed by atoms with Crippen LogP contribution in [0, 0.1) is 5.82 Å². The topological polar surface area (TPSA) is 47.7 Å². The van der Waals surface area contributed by atoms with Crippen molar-refractivity contribution in [3.05, 3.63) is 35.6 Å². The Morgan fingerprint density at radius 1 is 1.35 bits per heavy atom. The maximum Gasteiger partial charge on any atom is 0.181 e. The zero-order valence-corrected chi connectivity index (χ0v) is 11.6. The summed E-state index contributed by atoms with van der Waals surface area (Å²) in [7, 11) is 0. The van der Waals surface area contributed by atoms with Gasteiger partial charge in [0.05, 0.1) is 19.8 Å². The molecule has 0 amide bonds. The first kappa shape index (κ1) is 13.9. The van der Waals surface area contributed by atoms with Crippen LogP contribution < -0.4 is 5.73 Å². The summed E-state index contributed by atoms with van der Waals surface area (Å²) >= 11 is 0. The first-order valence-corrected chi connectivity index (χ1v) is 7.20. The lowest BCUT2D eigenvalue weighted by Crippen LogP contribution is -2.51. The first-order valence-electron chi connectivity index (χ1n) is 7.20. The molecule has 1 aromatic rings. The Bertz CT molecular complexity index is 463. The van der Waals surface area contributed by atoms with Crippen LogP contribution in [0.2, 0.25) is 0 Å². The van der Waals surface area contributed by atoms with Gasteiger partial charge in [0.2, 0.25) is 0 Å². The largest absolute Gasteiger partial charge is 0.346 e. The molecular weight excluding hydrogens is 259 g/mol.